The minimum absolute atomic E-state index is 0.452. The van der Waals surface area contributed by atoms with Crippen LogP contribution in [0.15, 0.2) is 78.8 Å². The Morgan fingerprint density at radius 1 is 0.960 bits per heavy atom. The van der Waals surface area contributed by atoms with Gasteiger partial charge in [0.05, 0.1) is 0 Å². The first-order chi connectivity index (χ1) is 12.2. The van der Waals surface area contributed by atoms with Gasteiger partial charge in [0.1, 0.15) is 0 Å². The summed E-state index contributed by atoms with van der Waals surface area (Å²) in [7, 11) is 0. The van der Waals surface area contributed by atoms with Gasteiger partial charge in [-0.1, -0.05) is 42.5 Å². The van der Waals surface area contributed by atoms with Crippen LogP contribution < -0.4 is 0 Å². The number of hydrogen-bond acceptors (Lipinski definition) is 2. The van der Waals surface area contributed by atoms with Crippen molar-refractivity contribution in [3.63, 3.8) is 0 Å². The predicted octanol–water partition coefficient (Wildman–Crippen LogP) is 5.09. The van der Waals surface area contributed by atoms with E-state index >= 15 is 0 Å². The fraction of sp³-hybridized carbons (Fsp3) is 0.182. The van der Waals surface area contributed by atoms with Crippen LogP contribution in [0.5, 0.6) is 0 Å². The fourth-order valence-corrected chi connectivity index (χ4v) is 3.42. The van der Waals surface area contributed by atoms with Gasteiger partial charge in [0, 0.05) is 35.8 Å². The molecule has 124 valence electrons. The number of aryl methyl sites for hydroxylation is 1. The van der Waals surface area contributed by atoms with Gasteiger partial charge in [-0.15, -0.1) is 0 Å². The summed E-state index contributed by atoms with van der Waals surface area (Å²) in [6, 6.07) is 14.7. The lowest BCUT2D eigenvalue weighted by molar-refractivity contribution is 0.846. The molecule has 1 atom stereocenters. The van der Waals surface area contributed by atoms with Crippen molar-refractivity contribution in [2.24, 2.45) is 0 Å². The molecule has 3 nitrogen and oxygen atoms in total. The van der Waals surface area contributed by atoms with E-state index in [0.717, 1.165) is 17.7 Å². The van der Waals surface area contributed by atoms with E-state index in [1.807, 2.05) is 29.2 Å². The van der Waals surface area contributed by atoms with Crippen molar-refractivity contribution in [1.82, 2.24) is 14.5 Å². The van der Waals surface area contributed by atoms with Crippen LogP contribution in [-0.4, -0.2) is 14.5 Å². The van der Waals surface area contributed by atoms with Crippen LogP contribution in [0.4, 0.5) is 0 Å². The Labute approximate surface area is 148 Å². The Bertz CT molecular complexity index is 931. The van der Waals surface area contributed by atoms with Gasteiger partial charge in [-0.3, -0.25) is 4.57 Å². The molecule has 0 saturated heterocycles. The predicted molar refractivity (Wildman–Crippen MR) is 102 cm³/mol. The molecule has 1 unspecified atom stereocenters. The Hall–Kier alpha value is -2.94. The monoisotopic (exact) mass is 327 g/mol. The first-order valence-electron chi connectivity index (χ1n) is 8.63. The van der Waals surface area contributed by atoms with Crippen molar-refractivity contribution >= 4 is 5.57 Å². The molecule has 0 radical (unpaired) electrons. The summed E-state index contributed by atoms with van der Waals surface area (Å²) in [6.07, 6.45) is 11.5. The summed E-state index contributed by atoms with van der Waals surface area (Å²) >= 11 is 0. The molecule has 2 aromatic heterocycles. The largest absolute Gasteiger partial charge is 0.290 e. The number of hydrogen-bond donors (Lipinski definition) is 0. The molecule has 1 aliphatic carbocycles. The molecule has 0 amide bonds. The summed E-state index contributed by atoms with van der Waals surface area (Å²) in [5, 5.41) is 0. The van der Waals surface area contributed by atoms with E-state index in [9.17, 15) is 0 Å². The van der Waals surface area contributed by atoms with Gasteiger partial charge in [0.2, 0.25) is 5.95 Å². The van der Waals surface area contributed by atoms with Crippen molar-refractivity contribution in [2.75, 3.05) is 0 Å². The van der Waals surface area contributed by atoms with Crippen molar-refractivity contribution in [3.05, 3.63) is 95.6 Å². The topological polar surface area (TPSA) is 30.7 Å². The molecular weight excluding hydrogens is 306 g/mol. The van der Waals surface area contributed by atoms with Crippen LogP contribution >= 0.6 is 0 Å². The molecular formula is C22H21N3. The van der Waals surface area contributed by atoms with Crippen molar-refractivity contribution < 1.29 is 0 Å². The number of nitrogens with zero attached hydrogens (tertiary/aromatic N) is 3. The molecule has 0 N–H and O–H groups in total. The second kappa shape index (κ2) is 6.52. The lowest BCUT2D eigenvalue weighted by Crippen LogP contribution is -2.05. The van der Waals surface area contributed by atoms with Gasteiger partial charge in [-0.2, -0.15) is 0 Å². The van der Waals surface area contributed by atoms with E-state index in [1.54, 1.807) is 0 Å². The van der Waals surface area contributed by atoms with Gasteiger partial charge < -0.3 is 0 Å². The van der Waals surface area contributed by atoms with Crippen LogP contribution in [0, 0.1) is 6.92 Å². The number of rotatable bonds is 3. The number of aromatic nitrogens is 3. The molecule has 2 heterocycles. The number of benzene rings is 1. The minimum Gasteiger partial charge on any atom is -0.290 e. The first kappa shape index (κ1) is 15.6. The lowest BCUT2D eigenvalue weighted by atomic mass is 9.85. The second-order valence-electron chi connectivity index (χ2n) is 6.51. The van der Waals surface area contributed by atoms with Gasteiger partial charge >= 0.3 is 0 Å². The Balaban J connectivity index is 1.58. The fourth-order valence-electron chi connectivity index (χ4n) is 3.42. The standard InChI is InChI=1S/C22H21N3/c1-16-13-19(18-8-4-3-5-9-18)10-11-21(16)20-14-23-22(24-15-20)25-12-6-7-17(25)2/h3-9,11-15,19H,10H2,1-2H3. The maximum absolute atomic E-state index is 4.55. The average molecular weight is 327 g/mol. The maximum Gasteiger partial charge on any atom is 0.233 e. The minimum atomic E-state index is 0.452. The SMILES string of the molecule is CC1=CC(c2ccccc2)CC=C1c1cnc(-n2cccc2C)nc1. The summed E-state index contributed by atoms with van der Waals surface area (Å²) in [4.78, 5) is 9.11. The molecule has 25 heavy (non-hydrogen) atoms. The van der Waals surface area contributed by atoms with Crippen LogP contribution in [0.1, 0.15) is 36.1 Å². The highest BCUT2D eigenvalue weighted by atomic mass is 15.1. The Morgan fingerprint density at radius 2 is 1.72 bits per heavy atom. The number of allylic oxidation sites excluding steroid dienone is 4. The molecule has 3 aromatic rings. The average Bonchev–Trinajstić information content (AvgIpc) is 3.08. The van der Waals surface area contributed by atoms with Crippen LogP contribution in [0.3, 0.4) is 0 Å². The second-order valence-corrected chi connectivity index (χ2v) is 6.51. The quantitative estimate of drug-likeness (QED) is 0.670. The first-order valence-corrected chi connectivity index (χ1v) is 8.63. The Kier molecular flexibility index (Phi) is 4.06. The summed E-state index contributed by atoms with van der Waals surface area (Å²) in [5.41, 5.74) is 6.10. The Morgan fingerprint density at radius 3 is 2.36 bits per heavy atom. The highest BCUT2D eigenvalue weighted by molar-refractivity contribution is 5.79. The maximum atomic E-state index is 4.55. The van der Waals surface area contributed by atoms with Gasteiger partial charge in [0.25, 0.3) is 0 Å². The van der Waals surface area contributed by atoms with Crippen molar-refractivity contribution in [3.8, 4) is 5.95 Å². The van der Waals surface area contributed by atoms with Gasteiger partial charge in [-0.05, 0) is 49.1 Å². The molecule has 1 aromatic carbocycles. The van der Waals surface area contributed by atoms with E-state index < -0.39 is 0 Å². The van der Waals surface area contributed by atoms with Crippen LogP contribution in [0.2, 0.25) is 0 Å². The molecule has 0 fully saturated rings. The molecule has 0 bridgehead atoms. The van der Waals surface area contributed by atoms with E-state index in [0.29, 0.717) is 11.9 Å². The zero-order valence-corrected chi connectivity index (χ0v) is 14.6. The summed E-state index contributed by atoms with van der Waals surface area (Å²) in [6.45, 7) is 4.22. The third kappa shape index (κ3) is 3.05. The van der Waals surface area contributed by atoms with E-state index in [2.05, 4.69) is 72.4 Å². The summed E-state index contributed by atoms with van der Waals surface area (Å²) in [5.74, 6) is 1.17. The molecule has 0 spiro atoms. The van der Waals surface area contributed by atoms with E-state index in [4.69, 9.17) is 0 Å². The van der Waals surface area contributed by atoms with Crippen molar-refractivity contribution in [1.29, 1.82) is 0 Å². The third-order valence-corrected chi connectivity index (χ3v) is 4.80. The molecule has 4 rings (SSSR count). The zero-order chi connectivity index (χ0) is 17.2. The normalized spacial score (nSPS) is 17.1. The van der Waals surface area contributed by atoms with Crippen molar-refractivity contribution in [2.45, 2.75) is 26.2 Å². The van der Waals surface area contributed by atoms with Gasteiger partial charge in [-0.25, -0.2) is 9.97 Å². The highest BCUT2D eigenvalue weighted by Gasteiger charge is 2.16. The molecule has 0 saturated carbocycles. The van der Waals surface area contributed by atoms with Crippen LogP contribution in [0.25, 0.3) is 11.5 Å². The van der Waals surface area contributed by atoms with E-state index in [-0.39, 0.29) is 0 Å². The molecule has 0 aliphatic heterocycles. The highest BCUT2D eigenvalue weighted by Crippen LogP contribution is 2.34. The molecule has 1 aliphatic rings. The third-order valence-electron chi connectivity index (χ3n) is 4.80. The van der Waals surface area contributed by atoms with E-state index in [1.165, 1.54) is 16.7 Å². The van der Waals surface area contributed by atoms with Crippen LogP contribution in [-0.2, 0) is 0 Å². The van der Waals surface area contributed by atoms with Gasteiger partial charge in [0.15, 0.2) is 0 Å². The zero-order valence-electron chi connectivity index (χ0n) is 14.6. The smallest absolute Gasteiger partial charge is 0.233 e. The summed E-state index contributed by atoms with van der Waals surface area (Å²) < 4.78 is 1.99. The molecule has 3 heteroatoms. The lowest BCUT2D eigenvalue weighted by Gasteiger charge is -2.20.